The molecule has 1 unspecified atom stereocenters. The predicted octanol–water partition coefficient (Wildman–Crippen LogP) is 3.58. The Balaban J connectivity index is 1.89. The fraction of sp³-hybridized carbons (Fsp3) is 0.524. The fourth-order valence-corrected chi connectivity index (χ4v) is 4.46. The van der Waals surface area contributed by atoms with Gasteiger partial charge in [-0.25, -0.2) is 9.18 Å². The van der Waals surface area contributed by atoms with Crippen molar-refractivity contribution < 1.29 is 14.3 Å². The molecule has 0 bridgehead atoms. The van der Waals surface area contributed by atoms with Crippen LogP contribution in [0, 0.1) is 5.82 Å². The van der Waals surface area contributed by atoms with Gasteiger partial charge >= 0.3 is 5.97 Å². The highest BCUT2D eigenvalue weighted by Crippen LogP contribution is 2.39. The molecule has 6 nitrogen and oxygen atoms in total. The van der Waals surface area contributed by atoms with E-state index in [1.54, 1.807) is 4.57 Å². The van der Waals surface area contributed by atoms with Gasteiger partial charge in [0.1, 0.15) is 11.4 Å². The maximum absolute atomic E-state index is 15.1. The van der Waals surface area contributed by atoms with Crippen molar-refractivity contribution in [3.05, 3.63) is 38.9 Å². The zero-order valence-corrected chi connectivity index (χ0v) is 17.5. The molecule has 2 fully saturated rings. The number of nitrogens with zero attached hydrogens (tertiary/aromatic N) is 2. The van der Waals surface area contributed by atoms with Crippen LogP contribution in [0.2, 0.25) is 5.02 Å². The van der Waals surface area contributed by atoms with Crippen LogP contribution in [0.3, 0.4) is 0 Å². The molecule has 29 heavy (non-hydrogen) atoms. The van der Waals surface area contributed by atoms with Crippen molar-refractivity contribution in [3.63, 3.8) is 0 Å². The van der Waals surface area contributed by atoms with Crippen molar-refractivity contribution in [1.29, 1.82) is 0 Å². The van der Waals surface area contributed by atoms with Gasteiger partial charge in [-0.3, -0.25) is 4.79 Å². The van der Waals surface area contributed by atoms with Crippen molar-refractivity contribution in [3.8, 4) is 0 Å². The summed E-state index contributed by atoms with van der Waals surface area (Å²) in [7, 11) is 0. The van der Waals surface area contributed by atoms with E-state index in [4.69, 9.17) is 11.6 Å². The predicted molar refractivity (Wildman–Crippen MR) is 112 cm³/mol. The number of hydrogen-bond donors (Lipinski definition) is 2. The van der Waals surface area contributed by atoms with Crippen LogP contribution >= 0.6 is 11.6 Å². The van der Waals surface area contributed by atoms with Crippen LogP contribution < -0.4 is 15.6 Å². The molecular weight excluding hydrogens is 397 g/mol. The summed E-state index contributed by atoms with van der Waals surface area (Å²) in [6.45, 7) is 6.96. The van der Waals surface area contributed by atoms with Gasteiger partial charge < -0.3 is 19.9 Å². The van der Waals surface area contributed by atoms with Crippen molar-refractivity contribution in [2.75, 3.05) is 18.0 Å². The second kappa shape index (κ2) is 6.99. The second-order valence-corrected chi connectivity index (χ2v) is 9.39. The summed E-state index contributed by atoms with van der Waals surface area (Å²) in [5.74, 6) is -1.95. The first-order chi connectivity index (χ1) is 13.6. The standard InChI is InChI=1S/C21H25ClFN3O3/c1-21(2,3)26-10-14(20(28)29)19(27)13-8-15(23)18(16(22)17(13)26)25-7-6-12(9-25)24-11-4-5-11/h8,10-12,24H,4-7,9H2,1-3H3,(H,28,29). The molecule has 1 aromatic heterocycles. The smallest absolute Gasteiger partial charge is 0.341 e. The maximum Gasteiger partial charge on any atom is 0.341 e. The molecule has 1 aromatic carbocycles. The lowest BCUT2D eigenvalue weighted by Crippen LogP contribution is -2.34. The van der Waals surface area contributed by atoms with E-state index in [1.165, 1.54) is 19.0 Å². The molecule has 8 heteroatoms. The summed E-state index contributed by atoms with van der Waals surface area (Å²) in [5.41, 5.74) is -1.04. The summed E-state index contributed by atoms with van der Waals surface area (Å²) in [4.78, 5) is 26.2. The Kier molecular flexibility index (Phi) is 4.86. The molecule has 1 saturated heterocycles. The normalized spacial score (nSPS) is 19.9. The number of nitrogens with one attached hydrogen (secondary N) is 1. The number of carbonyl (C=O) groups is 1. The van der Waals surface area contributed by atoms with Gasteiger partial charge in [0.05, 0.1) is 21.6 Å². The number of fused-ring (bicyclic) bond motifs is 1. The molecule has 1 aliphatic heterocycles. The lowest BCUT2D eigenvalue weighted by Gasteiger charge is -2.29. The van der Waals surface area contributed by atoms with Gasteiger partial charge in [-0.05, 0) is 46.1 Å². The summed E-state index contributed by atoms with van der Waals surface area (Å²) < 4.78 is 16.8. The molecule has 4 rings (SSSR count). The third kappa shape index (κ3) is 3.62. The molecule has 0 radical (unpaired) electrons. The first-order valence-corrected chi connectivity index (χ1v) is 10.3. The molecular formula is C21H25ClFN3O3. The SMILES string of the molecule is CC(C)(C)n1cc(C(=O)O)c(=O)c2cc(F)c(N3CCC(NC4CC4)C3)c(Cl)c21. The fourth-order valence-electron chi connectivity index (χ4n) is 4.06. The van der Waals surface area contributed by atoms with Crippen LogP contribution in [0.15, 0.2) is 17.1 Å². The van der Waals surface area contributed by atoms with Gasteiger partial charge in [-0.2, -0.15) is 0 Å². The number of benzene rings is 1. The average Bonchev–Trinajstić information content (AvgIpc) is 3.31. The Hall–Kier alpha value is -2.12. The Bertz CT molecular complexity index is 1060. The summed E-state index contributed by atoms with van der Waals surface area (Å²) in [6, 6.07) is 1.99. The maximum atomic E-state index is 15.1. The second-order valence-electron chi connectivity index (χ2n) is 9.01. The zero-order valence-electron chi connectivity index (χ0n) is 16.8. The third-order valence-electron chi connectivity index (χ3n) is 5.66. The molecule has 1 saturated carbocycles. The molecule has 2 aliphatic rings. The van der Waals surface area contributed by atoms with E-state index in [-0.39, 0.29) is 22.1 Å². The summed E-state index contributed by atoms with van der Waals surface area (Å²) in [5, 5.41) is 13.1. The first kappa shape index (κ1) is 20.2. The van der Waals surface area contributed by atoms with Gasteiger partial charge in [-0.15, -0.1) is 0 Å². The van der Waals surface area contributed by atoms with Crippen LogP contribution in [-0.2, 0) is 5.54 Å². The summed E-state index contributed by atoms with van der Waals surface area (Å²) >= 11 is 6.70. The number of carboxylic acids is 1. The number of halogens is 2. The molecule has 2 aromatic rings. The Labute approximate surface area is 173 Å². The highest BCUT2D eigenvalue weighted by molar-refractivity contribution is 6.38. The first-order valence-electron chi connectivity index (χ1n) is 9.90. The lowest BCUT2D eigenvalue weighted by molar-refractivity contribution is 0.0694. The highest BCUT2D eigenvalue weighted by atomic mass is 35.5. The van der Waals surface area contributed by atoms with E-state index in [0.717, 1.165) is 12.5 Å². The Morgan fingerprint density at radius 2 is 1.97 bits per heavy atom. The molecule has 156 valence electrons. The molecule has 2 heterocycles. The van der Waals surface area contributed by atoms with E-state index < -0.39 is 28.3 Å². The van der Waals surface area contributed by atoms with Crippen molar-refractivity contribution in [2.24, 2.45) is 0 Å². The van der Waals surface area contributed by atoms with Gasteiger partial charge in [0, 0.05) is 36.9 Å². The molecule has 1 aliphatic carbocycles. The van der Waals surface area contributed by atoms with Gasteiger partial charge in [0.15, 0.2) is 0 Å². The Morgan fingerprint density at radius 3 is 2.55 bits per heavy atom. The van der Waals surface area contributed by atoms with Gasteiger partial charge in [-0.1, -0.05) is 11.6 Å². The lowest BCUT2D eigenvalue weighted by atomic mass is 10.0. The monoisotopic (exact) mass is 421 g/mol. The zero-order chi connectivity index (χ0) is 21.1. The number of carboxylic acid groups (broad SMARTS) is 1. The minimum absolute atomic E-state index is 0.0158. The van der Waals surface area contributed by atoms with Crippen LogP contribution in [0.5, 0.6) is 0 Å². The topological polar surface area (TPSA) is 74.6 Å². The highest BCUT2D eigenvalue weighted by Gasteiger charge is 2.33. The molecule has 1 atom stereocenters. The quantitative estimate of drug-likeness (QED) is 0.789. The van der Waals surface area contributed by atoms with E-state index in [0.29, 0.717) is 24.6 Å². The molecule has 2 N–H and O–H groups in total. The van der Waals surface area contributed by atoms with Crippen LogP contribution in [0.1, 0.15) is 50.4 Å². The Morgan fingerprint density at radius 1 is 1.28 bits per heavy atom. The van der Waals surface area contributed by atoms with E-state index >= 15 is 4.39 Å². The summed E-state index contributed by atoms with van der Waals surface area (Å²) in [6.07, 6.45) is 4.58. The van der Waals surface area contributed by atoms with Gasteiger partial charge in [0.25, 0.3) is 0 Å². The van der Waals surface area contributed by atoms with Crippen LogP contribution in [-0.4, -0.2) is 40.8 Å². The minimum Gasteiger partial charge on any atom is -0.477 e. The van der Waals surface area contributed by atoms with Crippen LogP contribution in [0.25, 0.3) is 10.9 Å². The number of anilines is 1. The minimum atomic E-state index is -1.34. The largest absolute Gasteiger partial charge is 0.477 e. The number of aromatic nitrogens is 1. The molecule has 0 spiro atoms. The van der Waals surface area contributed by atoms with Gasteiger partial charge in [0.2, 0.25) is 5.43 Å². The third-order valence-corrected chi connectivity index (χ3v) is 6.02. The van der Waals surface area contributed by atoms with Crippen LogP contribution in [0.4, 0.5) is 10.1 Å². The van der Waals surface area contributed by atoms with E-state index in [9.17, 15) is 14.7 Å². The van der Waals surface area contributed by atoms with E-state index in [2.05, 4.69) is 5.32 Å². The van der Waals surface area contributed by atoms with Crippen molar-refractivity contribution in [1.82, 2.24) is 9.88 Å². The number of hydrogen-bond acceptors (Lipinski definition) is 4. The van der Waals surface area contributed by atoms with Crippen molar-refractivity contribution >= 4 is 34.2 Å². The number of pyridine rings is 1. The number of rotatable bonds is 4. The van der Waals surface area contributed by atoms with E-state index in [1.807, 2.05) is 25.7 Å². The number of aromatic carboxylic acids is 1. The average molecular weight is 422 g/mol. The molecule has 0 amide bonds. The van der Waals surface area contributed by atoms with Crippen molar-refractivity contribution in [2.45, 2.75) is 57.7 Å².